The van der Waals surface area contributed by atoms with Gasteiger partial charge in [-0.15, -0.1) is 0 Å². The zero-order valence-electron chi connectivity index (χ0n) is 4.79. The maximum Gasteiger partial charge on any atom is 0.516 e. The minimum Gasteiger partial charge on any atom is -0.295 e. The lowest BCUT2D eigenvalue weighted by Crippen LogP contribution is -2.06. The zero-order valence-corrected chi connectivity index (χ0v) is 5.68. The highest BCUT2D eigenvalue weighted by molar-refractivity contribution is 7.40. The molecule has 8 heavy (non-hydrogen) atoms. The second-order valence-electron chi connectivity index (χ2n) is 1.59. The van der Waals surface area contributed by atoms with Crippen LogP contribution in [0.5, 0.6) is 0 Å². The number of hydrogen-bond acceptors (Lipinski definition) is 2. The maximum atomic E-state index is 10.2. The average molecular weight is 135 g/mol. The molecular formula is C4H8O3P+. The van der Waals surface area contributed by atoms with Gasteiger partial charge in [0.1, 0.15) is 0 Å². The molecule has 2 unspecified atom stereocenters. The second kappa shape index (κ2) is 2.90. The third-order valence-corrected chi connectivity index (χ3v) is 1.95. The lowest BCUT2D eigenvalue weighted by atomic mass is 10.3. The molecule has 1 N–H and O–H groups in total. The first kappa shape index (κ1) is 7.73. The Morgan fingerprint density at radius 2 is 2.12 bits per heavy atom. The van der Waals surface area contributed by atoms with E-state index in [0.717, 1.165) is 0 Å². The molecule has 0 aliphatic rings. The quantitative estimate of drug-likeness (QED) is 0.567. The van der Waals surface area contributed by atoms with E-state index in [-0.39, 0.29) is 5.78 Å². The molecule has 46 valence electrons. The van der Waals surface area contributed by atoms with Crippen molar-refractivity contribution in [3.05, 3.63) is 0 Å². The smallest absolute Gasteiger partial charge is 0.295 e. The van der Waals surface area contributed by atoms with Crippen LogP contribution in [0.25, 0.3) is 0 Å². The summed E-state index contributed by atoms with van der Waals surface area (Å²) in [5.74, 6) is -0.242. The number of ketones is 1. The molecule has 0 radical (unpaired) electrons. The van der Waals surface area contributed by atoms with E-state index in [9.17, 15) is 9.36 Å². The highest BCUT2D eigenvalue weighted by Gasteiger charge is 2.27. The SMILES string of the molecule is CC(=O)C(C)[P+](=O)O. The van der Waals surface area contributed by atoms with E-state index in [1.54, 1.807) is 0 Å². The highest BCUT2D eigenvalue weighted by atomic mass is 31.1. The Hall–Kier alpha value is -0.270. The Labute approximate surface area is 48.6 Å². The largest absolute Gasteiger partial charge is 0.516 e. The monoisotopic (exact) mass is 135 g/mol. The van der Waals surface area contributed by atoms with Crippen LogP contribution >= 0.6 is 8.03 Å². The number of carbonyl (C=O) groups is 1. The molecule has 0 bridgehead atoms. The molecule has 0 aromatic heterocycles. The van der Waals surface area contributed by atoms with Crippen molar-refractivity contribution >= 4 is 13.8 Å². The first-order valence-electron chi connectivity index (χ1n) is 2.21. The summed E-state index contributed by atoms with van der Waals surface area (Å²) in [7, 11) is -2.30. The minimum atomic E-state index is -2.30. The fraction of sp³-hybridized carbons (Fsp3) is 0.750. The normalized spacial score (nSPS) is 15.1. The fourth-order valence-electron chi connectivity index (χ4n) is 0.156. The standard InChI is InChI=1S/C4H7O3P/c1-3(5)4(2)8(6)7/h4H,1-2H3/p+1. The van der Waals surface area contributed by atoms with Crippen LogP contribution in [-0.2, 0) is 9.36 Å². The van der Waals surface area contributed by atoms with Gasteiger partial charge in [-0.05, 0) is 18.4 Å². The van der Waals surface area contributed by atoms with E-state index in [4.69, 9.17) is 4.89 Å². The van der Waals surface area contributed by atoms with Crippen LogP contribution in [0.15, 0.2) is 0 Å². The summed E-state index contributed by atoms with van der Waals surface area (Å²) < 4.78 is 10.1. The molecule has 0 aromatic carbocycles. The third-order valence-electron chi connectivity index (χ3n) is 0.920. The first-order valence-corrected chi connectivity index (χ1v) is 3.49. The minimum absolute atomic E-state index is 0.242. The Morgan fingerprint density at radius 3 is 2.12 bits per heavy atom. The molecule has 0 rings (SSSR count). The Bertz CT molecular complexity index is 106. The van der Waals surface area contributed by atoms with Gasteiger partial charge in [0, 0.05) is 0 Å². The summed E-state index contributed by atoms with van der Waals surface area (Å²) in [6.45, 7) is 2.73. The van der Waals surface area contributed by atoms with E-state index in [2.05, 4.69) is 0 Å². The van der Waals surface area contributed by atoms with Gasteiger partial charge in [0.15, 0.2) is 5.78 Å². The summed E-state index contributed by atoms with van der Waals surface area (Å²) in [6.07, 6.45) is 0. The molecule has 0 saturated carbocycles. The van der Waals surface area contributed by atoms with Crippen molar-refractivity contribution in [2.24, 2.45) is 0 Å². The molecule has 0 fully saturated rings. The van der Waals surface area contributed by atoms with Crippen LogP contribution in [0.1, 0.15) is 13.8 Å². The number of carbonyl (C=O) groups excluding carboxylic acids is 1. The van der Waals surface area contributed by atoms with Crippen LogP contribution in [-0.4, -0.2) is 16.3 Å². The van der Waals surface area contributed by atoms with Gasteiger partial charge in [0.05, 0.1) is 0 Å². The molecule has 3 nitrogen and oxygen atoms in total. The Kier molecular flexibility index (Phi) is 2.80. The lowest BCUT2D eigenvalue weighted by molar-refractivity contribution is -0.116. The average Bonchev–Trinajstić information content (AvgIpc) is 1.64. The lowest BCUT2D eigenvalue weighted by Gasteiger charge is -1.84. The van der Waals surface area contributed by atoms with E-state index in [0.29, 0.717) is 0 Å². The number of rotatable bonds is 2. The molecule has 0 aromatic rings. The molecular weight excluding hydrogens is 127 g/mol. The van der Waals surface area contributed by atoms with Gasteiger partial charge in [-0.3, -0.25) is 4.79 Å². The molecule has 0 aliphatic carbocycles. The molecule has 0 saturated heterocycles. The van der Waals surface area contributed by atoms with Crippen LogP contribution < -0.4 is 0 Å². The maximum absolute atomic E-state index is 10.2. The van der Waals surface area contributed by atoms with Crippen LogP contribution in [0.2, 0.25) is 0 Å². The molecule has 0 spiro atoms. The van der Waals surface area contributed by atoms with E-state index >= 15 is 0 Å². The van der Waals surface area contributed by atoms with Gasteiger partial charge in [-0.1, -0.05) is 0 Å². The van der Waals surface area contributed by atoms with Gasteiger partial charge in [0.25, 0.3) is 0 Å². The highest BCUT2D eigenvalue weighted by Crippen LogP contribution is 2.21. The van der Waals surface area contributed by atoms with Gasteiger partial charge in [-0.25, -0.2) is 0 Å². The van der Waals surface area contributed by atoms with Crippen LogP contribution in [0, 0.1) is 0 Å². The number of Topliss-reactive ketones (excluding diaryl/α,β-unsaturated/α-hetero) is 1. The molecule has 0 heterocycles. The fourth-order valence-corrected chi connectivity index (χ4v) is 0.467. The summed E-state index contributed by atoms with van der Waals surface area (Å²) in [4.78, 5) is 18.5. The Morgan fingerprint density at radius 1 is 1.75 bits per heavy atom. The van der Waals surface area contributed by atoms with Crippen molar-refractivity contribution < 1.29 is 14.3 Å². The molecule has 0 aliphatic heterocycles. The van der Waals surface area contributed by atoms with Gasteiger partial charge in [-0.2, -0.15) is 4.89 Å². The Balaban J connectivity index is 3.83. The second-order valence-corrected chi connectivity index (χ2v) is 2.97. The van der Waals surface area contributed by atoms with Gasteiger partial charge < -0.3 is 0 Å². The van der Waals surface area contributed by atoms with Crippen molar-refractivity contribution in [3.63, 3.8) is 0 Å². The van der Waals surface area contributed by atoms with E-state index in [1.807, 2.05) is 0 Å². The summed E-state index contributed by atoms with van der Waals surface area (Å²) >= 11 is 0. The van der Waals surface area contributed by atoms with Gasteiger partial charge >= 0.3 is 8.03 Å². The predicted octanol–water partition coefficient (Wildman–Crippen LogP) is 0.699. The van der Waals surface area contributed by atoms with Crippen LogP contribution in [0.4, 0.5) is 0 Å². The molecule has 4 heteroatoms. The van der Waals surface area contributed by atoms with Crippen LogP contribution in [0.3, 0.4) is 0 Å². The van der Waals surface area contributed by atoms with E-state index < -0.39 is 13.7 Å². The van der Waals surface area contributed by atoms with Crippen molar-refractivity contribution in [3.8, 4) is 0 Å². The summed E-state index contributed by atoms with van der Waals surface area (Å²) in [5, 5.41) is 0. The summed E-state index contributed by atoms with van der Waals surface area (Å²) in [6, 6.07) is 0. The van der Waals surface area contributed by atoms with Crippen molar-refractivity contribution in [2.45, 2.75) is 19.5 Å². The first-order chi connectivity index (χ1) is 3.55. The van der Waals surface area contributed by atoms with Crippen molar-refractivity contribution in [2.75, 3.05) is 0 Å². The van der Waals surface area contributed by atoms with Crippen molar-refractivity contribution in [1.29, 1.82) is 0 Å². The van der Waals surface area contributed by atoms with Gasteiger partial charge in [0.2, 0.25) is 5.66 Å². The van der Waals surface area contributed by atoms with Crippen molar-refractivity contribution in [1.82, 2.24) is 0 Å². The third kappa shape index (κ3) is 2.15. The predicted molar refractivity (Wildman–Crippen MR) is 30.0 cm³/mol. The molecule has 2 atom stereocenters. The van der Waals surface area contributed by atoms with E-state index in [1.165, 1.54) is 13.8 Å². The number of hydrogen-bond donors (Lipinski definition) is 1. The zero-order chi connectivity index (χ0) is 6.73. The summed E-state index contributed by atoms with van der Waals surface area (Å²) in [5.41, 5.74) is -0.704. The topological polar surface area (TPSA) is 54.4 Å². The molecule has 0 amide bonds.